The van der Waals surface area contributed by atoms with E-state index >= 15 is 0 Å². The number of rotatable bonds is 7. The summed E-state index contributed by atoms with van der Waals surface area (Å²) in [6.07, 6.45) is 1.62. The Morgan fingerprint density at radius 2 is 2.00 bits per heavy atom. The number of hydrogen-bond donors (Lipinski definition) is 2. The van der Waals surface area contributed by atoms with Crippen molar-refractivity contribution in [1.29, 1.82) is 0 Å². The lowest BCUT2D eigenvalue weighted by Crippen LogP contribution is -2.05. The number of nitrogens with zero attached hydrogens (tertiary/aromatic N) is 3. The average Bonchev–Trinajstić information content (AvgIpc) is 3.01. The summed E-state index contributed by atoms with van der Waals surface area (Å²) in [4.78, 5) is 0. The van der Waals surface area contributed by atoms with Crippen LogP contribution in [0.2, 0.25) is 0 Å². The Morgan fingerprint density at radius 1 is 1.18 bits per heavy atom. The van der Waals surface area contributed by atoms with E-state index in [0.29, 0.717) is 23.0 Å². The number of phenolic OH excluding ortho intramolecular Hbond substituents is 1. The fourth-order valence-electron chi connectivity index (χ4n) is 2.65. The SMILES string of the molecule is CCOc1cc(/C=N/n2c(COc3ccc(C)cc3C)n[nH]c2=S)ccc1O. The second-order valence-corrected chi connectivity index (χ2v) is 6.61. The van der Waals surface area contributed by atoms with E-state index in [1.807, 2.05) is 32.9 Å². The molecule has 0 fully saturated rings. The minimum atomic E-state index is 0.0847. The van der Waals surface area contributed by atoms with Crippen LogP contribution in [0.25, 0.3) is 0 Å². The van der Waals surface area contributed by atoms with Gasteiger partial charge in [0.25, 0.3) is 0 Å². The van der Waals surface area contributed by atoms with Gasteiger partial charge in [0.15, 0.2) is 17.3 Å². The van der Waals surface area contributed by atoms with Crippen molar-refractivity contribution < 1.29 is 14.6 Å². The molecule has 1 aromatic heterocycles. The van der Waals surface area contributed by atoms with Crippen molar-refractivity contribution in [3.63, 3.8) is 0 Å². The normalized spacial score (nSPS) is 11.1. The standard InChI is InChI=1S/C20H22N4O3S/c1-4-26-18-10-15(6-7-16(18)25)11-21-24-19(22-23-20(24)28)12-27-17-8-5-13(2)9-14(17)3/h5-11,25H,4,12H2,1-3H3,(H,23,28)/b21-11+. The Hall–Kier alpha value is -3.13. The van der Waals surface area contributed by atoms with E-state index in [2.05, 4.69) is 21.4 Å². The van der Waals surface area contributed by atoms with Crippen LogP contribution in [0.5, 0.6) is 17.2 Å². The van der Waals surface area contributed by atoms with Crippen molar-refractivity contribution in [2.45, 2.75) is 27.4 Å². The molecule has 0 atom stereocenters. The number of phenols is 1. The van der Waals surface area contributed by atoms with Crippen LogP contribution in [0.15, 0.2) is 41.5 Å². The van der Waals surface area contributed by atoms with Crippen molar-refractivity contribution >= 4 is 18.4 Å². The molecule has 0 bridgehead atoms. The van der Waals surface area contributed by atoms with Crippen LogP contribution in [0.4, 0.5) is 0 Å². The smallest absolute Gasteiger partial charge is 0.216 e. The number of nitrogens with one attached hydrogen (secondary N) is 1. The zero-order chi connectivity index (χ0) is 20.1. The molecule has 0 aliphatic rings. The molecule has 3 rings (SSSR count). The van der Waals surface area contributed by atoms with Gasteiger partial charge >= 0.3 is 0 Å². The molecule has 0 aliphatic heterocycles. The van der Waals surface area contributed by atoms with E-state index in [1.165, 1.54) is 10.2 Å². The summed E-state index contributed by atoms with van der Waals surface area (Å²) < 4.78 is 13.1. The molecule has 146 valence electrons. The third-order valence-electron chi connectivity index (χ3n) is 4.01. The van der Waals surface area contributed by atoms with Crippen LogP contribution < -0.4 is 9.47 Å². The predicted octanol–water partition coefficient (Wildman–Crippen LogP) is 4.12. The van der Waals surface area contributed by atoms with Gasteiger partial charge in [-0.05, 0) is 68.4 Å². The third kappa shape index (κ3) is 4.58. The summed E-state index contributed by atoms with van der Waals surface area (Å²) in [5.41, 5.74) is 2.99. The van der Waals surface area contributed by atoms with E-state index < -0.39 is 0 Å². The lowest BCUT2D eigenvalue weighted by Gasteiger charge is -2.09. The first-order valence-corrected chi connectivity index (χ1v) is 9.25. The van der Waals surface area contributed by atoms with Crippen molar-refractivity contribution in [2.75, 3.05) is 6.61 Å². The topological polar surface area (TPSA) is 84.7 Å². The zero-order valence-electron chi connectivity index (χ0n) is 16.0. The Morgan fingerprint density at radius 3 is 2.75 bits per heavy atom. The summed E-state index contributed by atoms with van der Waals surface area (Å²) in [5, 5.41) is 21.1. The number of aromatic hydroxyl groups is 1. The van der Waals surface area contributed by atoms with Crippen LogP contribution in [0.1, 0.15) is 29.4 Å². The summed E-state index contributed by atoms with van der Waals surface area (Å²) in [6.45, 7) is 6.57. The molecule has 1 heterocycles. The number of benzene rings is 2. The van der Waals surface area contributed by atoms with Crippen LogP contribution in [0.3, 0.4) is 0 Å². The summed E-state index contributed by atoms with van der Waals surface area (Å²) >= 11 is 5.26. The molecule has 0 amide bonds. The van der Waals surface area contributed by atoms with Gasteiger partial charge in [-0.2, -0.15) is 14.9 Å². The van der Waals surface area contributed by atoms with E-state index in [1.54, 1.807) is 24.4 Å². The van der Waals surface area contributed by atoms with Crippen LogP contribution >= 0.6 is 12.2 Å². The van der Waals surface area contributed by atoms with Crippen molar-refractivity contribution in [3.8, 4) is 17.2 Å². The lowest BCUT2D eigenvalue weighted by atomic mass is 10.1. The van der Waals surface area contributed by atoms with Crippen molar-refractivity contribution in [3.05, 3.63) is 63.7 Å². The van der Waals surface area contributed by atoms with Crippen molar-refractivity contribution in [1.82, 2.24) is 14.9 Å². The first-order chi connectivity index (χ1) is 13.5. The van der Waals surface area contributed by atoms with Crippen molar-refractivity contribution in [2.24, 2.45) is 5.10 Å². The first kappa shape index (κ1) is 19.6. The van der Waals surface area contributed by atoms with Gasteiger partial charge < -0.3 is 14.6 Å². The van der Waals surface area contributed by atoms with Crippen LogP contribution in [0, 0.1) is 18.6 Å². The second kappa shape index (κ2) is 8.71. The van der Waals surface area contributed by atoms with Gasteiger partial charge in [0, 0.05) is 0 Å². The molecule has 0 unspecified atom stereocenters. The van der Waals surface area contributed by atoms with Crippen LogP contribution in [-0.4, -0.2) is 32.8 Å². The Bertz CT molecular complexity index is 1060. The highest BCUT2D eigenvalue weighted by Crippen LogP contribution is 2.26. The zero-order valence-corrected chi connectivity index (χ0v) is 16.8. The molecule has 0 saturated heterocycles. The monoisotopic (exact) mass is 398 g/mol. The molecule has 0 radical (unpaired) electrons. The Balaban J connectivity index is 1.78. The molecule has 0 spiro atoms. The van der Waals surface area contributed by atoms with Gasteiger partial charge in [0.05, 0.1) is 12.8 Å². The lowest BCUT2D eigenvalue weighted by molar-refractivity contribution is 0.288. The van der Waals surface area contributed by atoms with Gasteiger partial charge in [0.1, 0.15) is 12.4 Å². The summed E-state index contributed by atoms with van der Waals surface area (Å²) in [7, 11) is 0. The molecular weight excluding hydrogens is 376 g/mol. The van der Waals surface area contributed by atoms with Gasteiger partial charge in [-0.25, -0.2) is 5.10 Å². The third-order valence-corrected chi connectivity index (χ3v) is 4.27. The highest BCUT2D eigenvalue weighted by Gasteiger charge is 2.08. The Labute approximate surface area is 168 Å². The maximum absolute atomic E-state index is 9.80. The molecule has 8 heteroatoms. The largest absolute Gasteiger partial charge is 0.504 e. The number of ether oxygens (including phenoxy) is 2. The fourth-order valence-corrected chi connectivity index (χ4v) is 2.85. The van der Waals surface area contributed by atoms with Crippen LogP contribution in [-0.2, 0) is 6.61 Å². The molecule has 28 heavy (non-hydrogen) atoms. The highest BCUT2D eigenvalue weighted by atomic mass is 32.1. The van der Waals surface area contributed by atoms with E-state index in [0.717, 1.165) is 16.9 Å². The number of aryl methyl sites for hydroxylation is 2. The molecule has 0 aliphatic carbocycles. The highest BCUT2D eigenvalue weighted by molar-refractivity contribution is 7.71. The van der Waals surface area contributed by atoms with Gasteiger partial charge in [-0.1, -0.05) is 17.7 Å². The fraction of sp³-hybridized carbons (Fsp3) is 0.250. The number of aromatic amines is 1. The van der Waals surface area contributed by atoms with E-state index in [4.69, 9.17) is 21.7 Å². The van der Waals surface area contributed by atoms with E-state index in [-0.39, 0.29) is 12.4 Å². The Kier molecular flexibility index (Phi) is 6.10. The molecule has 2 N–H and O–H groups in total. The molecule has 0 saturated carbocycles. The maximum Gasteiger partial charge on any atom is 0.216 e. The van der Waals surface area contributed by atoms with Gasteiger partial charge in [-0.3, -0.25) is 0 Å². The van der Waals surface area contributed by atoms with Gasteiger partial charge in [0.2, 0.25) is 4.77 Å². The number of H-pyrrole nitrogens is 1. The minimum absolute atomic E-state index is 0.0847. The second-order valence-electron chi connectivity index (χ2n) is 6.22. The first-order valence-electron chi connectivity index (χ1n) is 8.84. The molecule has 7 nitrogen and oxygen atoms in total. The number of hydrogen-bond acceptors (Lipinski definition) is 6. The predicted molar refractivity (Wildman–Crippen MR) is 110 cm³/mol. The summed E-state index contributed by atoms with van der Waals surface area (Å²) in [5.74, 6) is 1.82. The molecule has 2 aromatic carbocycles. The molecule has 3 aromatic rings. The maximum atomic E-state index is 9.80. The van der Waals surface area contributed by atoms with Gasteiger partial charge in [-0.15, -0.1) is 0 Å². The summed E-state index contributed by atoms with van der Waals surface area (Å²) in [6, 6.07) is 11.0. The van der Waals surface area contributed by atoms with E-state index in [9.17, 15) is 5.11 Å². The molecular formula is C20H22N4O3S. The quantitative estimate of drug-likeness (QED) is 0.462. The average molecular weight is 398 g/mol. The minimum Gasteiger partial charge on any atom is -0.504 e. The number of aromatic nitrogens is 3.